The fraction of sp³-hybridized carbons (Fsp3) is 0.400. The second-order valence-corrected chi connectivity index (χ2v) is 6.83. The number of carbonyl (C=O) groups excluding carboxylic acids is 1. The molecule has 1 amide bonds. The molecule has 132 valence electrons. The summed E-state index contributed by atoms with van der Waals surface area (Å²) in [6, 6.07) is 10.5. The largest absolute Gasteiger partial charge is 0.481 e. The van der Waals surface area contributed by atoms with Gasteiger partial charge in [-0.1, -0.05) is 30.3 Å². The van der Waals surface area contributed by atoms with E-state index in [9.17, 15) is 9.59 Å². The summed E-state index contributed by atoms with van der Waals surface area (Å²) in [5, 5.41) is 12.0. The van der Waals surface area contributed by atoms with Gasteiger partial charge < -0.3 is 14.8 Å². The monoisotopic (exact) mass is 341 g/mol. The number of benzene rings is 1. The van der Waals surface area contributed by atoms with Crippen LogP contribution in [0.15, 0.2) is 41.0 Å². The zero-order chi connectivity index (χ0) is 17.8. The van der Waals surface area contributed by atoms with Gasteiger partial charge in [0.25, 0.3) is 5.91 Å². The van der Waals surface area contributed by atoms with Gasteiger partial charge in [-0.25, -0.2) is 0 Å². The van der Waals surface area contributed by atoms with Gasteiger partial charge in [0.05, 0.1) is 11.8 Å². The molecule has 0 aliphatic heterocycles. The van der Waals surface area contributed by atoms with Crippen LogP contribution in [0.25, 0.3) is 0 Å². The number of furan rings is 1. The molecule has 0 bridgehead atoms. The Hall–Kier alpha value is -2.56. The van der Waals surface area contributed by atoms with E-state index in [0.29, 0.717) is 17.0 Å². The summed E-state index contributed by atoms with van der Waals surface area (Å²) in [4.78, 5) is 23.5. The molecule has 25 heavy (non-hydrogen) atoms. The Labute approximate surface area is 147 Å². The van der Waals surface area contributed by atoms with Crippen molar-refractivity contribution in [2.45, 2.75) is 45.1 Å². The van der Waals surface area contributed by atoms with Gasteiger partial charge in [-0.15, -0.1) is 0 Å². The molecule has 0 saturated heterocycles. The molecule has 5 heteroatoms. The molecular formula is C20H23NO4. The molecule has 0 radical (unpaired) electrons. The number of carboxylic acid groups (broad SMARTS) is 1. The summed E-state index contributed by atoms with van der Waals surface area (Å²) < 4.78 is 5.25. The van der Waals surface area contributed by atoms with E-state index in [1.165, 1.54) is 11.8 Å². The van der Waals surface area contributed by atoms with Crippen molar-refractivity contribution in [3.8, 4) is 0 Å². The van der Waals surface area contributed by atoms with Crippen molar-refractivity contribution < 1.29 is 19.1 Å². The van der Waals surface area contributed by atoms with E-state index in [2.05, 4.69) is 29.6 Å². The first-order chi connectivity index (χ1) is 12.0. The van der Waals surface area contributed by atoms with Gasteiger partial charge in [-0.2, -0.15) is 0 Å². The maximum Gasteiger partial charge on any atom is 0.311 e. The number of carbonyl (C=O) groups is 2. The molecule has 0 spiro atoms. The fourth-order valence-electron chi connectivity index (χ4n) is 3.67. The molecule has 1 aliphatic rings. The van der Waals surface area contributed by atoms with Gasteiger partial charge in [0.2, 0.25) is 0 Å². The number of aryl methyl sites for hydroxylation is 1. The molecule has 2 unspecified atom stereocenters. The third-order valence-electron chi connectivity index (χ3n) is 4.83. The number of aliphatic carboxylic acids is 1. The highest BCUT2D eigenvalue weighted by Crippen LogP contribution is 2.29. The zero-order valence-electron chi connectivity index (χ0n) is 14.3. The molecule has 5 nitrogen and oxygen atoms in total. The van der Waals surface area contributed by atoms with Crippen LogP contribution in [0, 0.1) is 12.8 Å². The lowest BCUT2D eigenvalue weighted by Crippen LogP contribution is -2.33. The van der Waals surface area contributed by atoms with E-state index in [0.717, 1.165) is 25.7 Å². The van der Waals surface area contributed by atoms with Gasteiger partial charge >= 0.3 is 5.97 Å². The predicted molar refractivity (Wildman–Crippen MR) is 93.5 cm³/mol. The zero-order valence-corrected chi connectivity index (χ0v) is 14.3. The summed E-state index contributed by atoms with van der Waals surface area (Å²) >= 11 is 0. The SMILES string of the molecule is Cc1coc(CC(=O)O)c1C(=O)NC1CCC(Cc2ccccc2)C1. The smallest absolute Gasteiger partial charge is 0.311 e. The minimum atomic E-state index is -1.01. The Morgan fingerprint density at radius 3 is 2.72 bits per heavy atom. The lowest BCUT2D eigenvalue weighted by molar-refractivity contribution is -0.136. The van der Waals surface area contributed by atoms with E-state index in [-0.39, 0.29) is 24.1 Å². The average molecular weight is 341 g/mol. The average Bonchev–Trinajstić information content (AvgIpc) is 3.14. The molecule has 1 aromatic carbocycles. The molecule has 3 rings (SSSR count). The van der Waals surface area contributed by atoms with Crippen LogP contribution in [0.1, 0.15) is 46.5 Å². The minimum absolute atomic E-state index is 0.133. The van der Waals surface area contributed by atoms with Crippen LogP contribution in [-0.4, -0.2) is 23.0 Å². The normalized spacial score (nSPS) is 19.7. The molecule has 1 heterocycles. The Bertz CT molecular complexity index is 750. The Morgan fingerprint density at radius 1 is 1.24 bits per heavy atom. The number of rotatable bonds is 6. The summed E-state index contributed by atoms with van der Waals surface area (Å²) in [6.07, 6.45) is 5.19. The van der Waals surface area contributed by atoms with E-state index < -0.39 is 5.97 Å². The first kappa shape index (κ1) is 17.3. The topological polar surface area (TPSA) is 79.5 Å². The van der Waals surface area contributed by atoms with Crippen LogP contribution in [0.2, 0.25) is 0 Å². The summed E-state index contributed by atoms with van der Waals surface area (Å²) in [6.45, 7) is 1.76. The van der Waals surface area contributed by atoms with Crippen molar-refractivity contribution in [1.82, 2.24) is 5.32 Å². The standard InChI is InChI=1S/C20H23NO4/c1-13-12-25-17(11-18(22)23)19(13)20(24)21-16-8-7-15(10-16)9-14-5-3-2-4-6-14/h2-6,12,15-16H,7-11H2,1H3,(H,21,24)(H,22,23). The van der Waals surface area contributed by atoms with E-state index >= 15 is 0 Å². The molecule has 1 saturated carbocycles. The van der Waals surface area contributed by atoms with Gasteiger partial charge in [0.15, 0.2) is 0 Å². The van der Waals surface area contributed by atoms with Crippen molar-refractivity contribution in [2.75, 3.05) is 0 Å². The van der Waals surface area contributed by atoms with Crippen molar-refractivity contribution >= 4 is 11.9 Å². The van der Waals surface area contributed by atoms with Crippen LogP contribution in [0.3, 0.4) is 0 Å². The Balaban J connectivity index is 1.59. The van der Waals surface area contributed by atoms with Gasteiger partial charge in [-0.3, -0.25) is 9.59 Å². The summed E-state index contributed by atoms with van der Waals surface area (Å²) in [5.74, 6) is -0.446. The predicted octanol–water partition coefficient (Wildman–Crippen LogP) is 3.36. The highest BCUT2D eigenvalue weighted by atomic mass is 16.4. The summed E-state index contributed by atoms with van der Waals surface area (Å²) in [7, 11) is 0. The lowest BCUT2D eigenvalue weighted by atomic mass is 9.98. The summed E-state index contributed by atoms with van der Waals surface area (Å²) in [5.41, 5.74) is 2.37. The first-order valence-corrected chi connectivity index (χ1v) is 8.66. The van der Waals surface area contributed by atoms with E-state index in [4.69, 9.17) is 9.52 Å². The molecule has 1 fully saturated rings. The fourth-order valence-corrected chi connectivity index (χ4v) is 3.67. The number of amides is 1. The van der Waals surface area contributed by atoms with Crippen LogP contribution in [0.5, 0.6) is 0 Å². The molecule has 2 N–H and O–H groups in total. The van der Waals surface area contributed by atoms with Crippen molar-refractivity contribution in [1.29, 1.82) is 0 Å². The number of carboxylic acids is 1. The maximum atomic E-state index is 12.6. The van der Waals surface area contributed by atoms with Crippen LogP contribution >= 0.6 is 0 Å². The molecule has 2 atom stereocenters. The van der Waals surface area contributed by atoms with Gasteiger partial charge in [-0.05, 0) is 44.1 Å². The number of hydrogen-bond acceptors (Lipinski definition) is 3. The van der Waals surface area contributed by atoms with E-state index in [1.54, 1.807) is 6.92 Å². The van der Waals surface area contributed by atoms with E-state index in [1.807, 2.05) is 6.07 Å². The van der Waals surface area contributed by atoms with Crippen LogP contribution < -0.4 is 5.32 Å². The molecule has 1 aliphatic carbocycles. The third kappa shape index (κ3) is 4.29. The molecule has 2 aromatic rings. The first-order valence-electron chi connectivity index (χ1n) is 8.66. The van der Waals surface area contributed by atoms with Crippen LogP contribution in [0.4, 0.5) is 0 Å². The number of nitrogens with one attached hydrogen (secondary N) is 1. The molecule has 1 aromatic heterocycles. The third-order valence-corrected chi connectivity index (χ3v) is 4.83. The Kier molecular flexibility index (Phi) is 5.22. The lowest BCUT2D eigenvalue weighted by Gasteiger charge is -2.14. The van der Waals surface area contributed by atoms with Gasteiger partial charge in [0, 0.05) is 11.6 Å². The number of hydrogen-bond donors (Lipinski definition) is 2. The van der Waals surface area contributed by atoms with Crippen molar-refractivity contribution in [3.05, 3.63) is 59.0 Å². The van der Waals surface area contributed by atoms with Crippen LogP contribution in [-0.2, 0) is 17.6 Å². The minimum Gasteiger partial charge on any atom is -0.481 e. The second-order valence-electron chi connectivity index (χ2n) is 6.83. The highest BCUT2D eigenvalue weighted by Gasteiger charge is 2.28. The van der Waals surface area contributed by atoms with Crippen molar-refractivity contribution in [3.63, 3.8) is 0 Å². The van der Waals surface area contributed by atoms with Crippen molar-refractivity contribution in [2.24, 2.45) is 5.92 Å². The quantitative estimate of drug-likeness (QED) is 0.844. The maximum absolute atomic E-state index is 12.6. The second kappa shape index (κ2) is 7.55. The molecular weight excluding hydrogens is 318 g/mol. The van der Waals surface area contributed by atoms with Gasteiger partial charge in [0.1, 0.15) is 12.2 Å². The highest BCUT2D eigenvalue weighted by molar-refractivity contribution is 5.97. The Morgan fingerprint density at radius 2 is 2.00 bits per heavy atom.